The minimum Gasteiger partial charge on any atom is -0.477 e. The highest BCUT2D eigenvalue weighted by Gasteiger charge is 2.55. The lowest BCUT2D eigenvalue weighted by Gasteiger charge is -2.46. The van der Waals surface area contributed by atoms with Crippen LogP contribution in [0.1, 0.15) is 13.3 Å². The van der Waals surface area contributed by atoms with Gasteiger partial charge < -0.3 is 46.3 Å². The largest absolute Gasteiger partial charge is 0.477 e. The molecule has 0 bridgehead atoms. The fourth-order valence-corrected chi connectivity index (χ4v) is 2.64. The fraction of sp³-hybridized carbons (Fsp3) is 0.714. The maximum Gasteiger partial charge on any atom is 0.364 e. The molecule has 1 rings (SSSR count). The third kappa shape index (κ3) is 5.33. The van der Waals surface area contributed by atoms with Gasteiger partial charge in [0.2, 0.25) is 5.91 Å². The third-order valence-corrected chi connectivity index (χ3v) is 4.02. The predicted molar refractivity (Wildman–Crippen MR) is 84.7 cm³/mol. The Morgan fingerprint density at radius 1 is 1.33 bits per heavy atom. The molecule has 6 atom stereocenters. The summed E-state index contributed by atoms with van der Waals surface area (Å²) in [5, 5.41) is 44.3. The number of rotatable bonds is 7. The molecule has 1 aliphatic rings. The molecule has 0 aliphatic carbocycles. The van der Waals surface area contributed by atoms with E-state index in [9.17, 15) is 39.6 Å². The van der Waals surface area contributed by atoms with Crippen molar-refractivity contribution in [3.63, 3.8) is 0 Å². The van der Waals surface area contributed by atoms with Crippen LogP contribution < -0.4 is 16.4 Å². The number of hydrogen-bond donors (Lipinski definition) is 7. The minimum absolute atomic E-state index is 0.568. The van der Waals surface area contributed by atoms with Crippen LogP contribution in [-0.2, 0) is 28.7 Å². The first-order chi connectivity index (χ1) is 12.4. The molecule has 154 valence electrons. The number of hydrogen-bond acceptors (Lipinski definition) is 9. The number of ether oxygens (including phenoxy) is 2. The van der Waals surface area contributed by atoms with Crippen LogP contribution in [0.15, 0.2) is 0 Å². The van der Waals surface area contributed by atoms with E-state index in [2.05, 4.69) is 5.32 Å². The summed E-state index contributed by atoms with van der Waals surface area (Å²) in [6, 6.07) is -1.29. The van der Waals surface area contributed by atoms with Crippen molar-refractivity contribution in [3.05, 3.63) is 0 Å². The van der Waals surface area contributed by atoms with Crippen molar-refractivity contribution in [1.82, 2.24) is 10.6 Å². The summed E-state index contributed by atoms with van der Waals surface area (Å²) in [4.78, 5) is 44.7. The second-order valence-electron chi connectivity index (χ2n) is 5.97. The summed E-state index contributed by atoms with van der Waals surface area (Å²) in [6.07, 6.45) is -7.36. The van der Waals surface area contributed by atoms with Crippen molar-refractivity contribution in [2.45, 2.75) is 49.6 Å². The highest BCUT2D eigenvalue weighted by molar-refractivity contribution is 6.34. The number of aliphatic carboxylic acids is 1. The monoisotopic (exact) mass is 393 g/mol. The average Bonchev–Trinajstić information content (AvgIpc) is 2.59. The van der Waals surface area contributed by atoms with E-state index in [-0.39, 0.29) is 0 Å². The zero-order chi connectivity index (χ0) is 20.9. The molecule has 1 unspecified atom stereocenters. The molecule has 0 spiro atoms. The summed E-state index contributed by atoms with van der Waals surface area (Å²) in [6.45, 7) is 0.480. The van der Waals surface area contributed by atoms with Crippen LogP contribution in [0.25, 0.3) is 0 Å². The summed E-state index contributed by atoms with van der Waals surface area (Å²) < 4.78 is 10.1. The van der Waals surface area contributed by atoms with Crippen LogP contribution in [0.2, 0.25) is 0 Å². The van der Waals surface area contributed by atoms with E-state index in [0.29, 0.717) is 0 Å². The van der Waals surface area contributed by atoms with E-state index >= 15 is 0 Å². The van der Waals surface area contributed by atoms with Crippen molar-refractivity contribution in [3.8, 4) is 0 Å². The molecule has 0 aromatic rings. The molecule has 0 aromatic heterocycles. The molecule has 8 N–H and O–H groups in total. The first-order valence-electron chi connectivity index (χ1n) is 7.80. The molecule has 0 aromatic carbocycles. The molecule has 3 amide bonds. The van der Waals surface area contributed by atoms with Gasteiger partial charge in [-0.3, -0.25) is 14.4 Å². The summed E-state index contributed by atoms with van der Waals surface area (Å²) >= 11 is 0. The number of carbonyl (C=O) groups is 4. The van der Waals surface area contributed by atoms with Gasteiger partial charge in [-0.15, -0.1) is 0 Å². The number of carboxylic acids is 1. The Hall–Kier alpha value is -2.32. The average molecular weight is 393 g/mol. The van der Waals surface area contributed by atoms with Crippen molar-refractivity contribution < 1.29 is 49.1 Å². The molecule has 1 aliphatic heterocycles. The Balaban J connectivity index is 3.05. The van der Waals surface area contributed by atoms with Crippen molar-refractivity contribution in [2.24, 2.45) is 5.73 Å². The van der Waals surface area contributed by atoms with E-state index in [1.54, 1.807) is 0 Å². The van der Waals surface area contributed by atoms with E-state index < -0.39 is 72.9 Å². The number of aliphatic hydroxyl groups is 3. The van der Waals surface area contributed by atoms with Crippen molar-refractivity contribution in [1.29, 1.82) is 0 Å². The Morgan fingerprint density at radius 3 is 2.37 bits per heavy atom. The predicted octanol–water partition coefficient (Wildman–Crippen LogP) is -4.61. The summed E-state index contributed by atoms with van der Waals surface area (Å²) in [5.41, 5.74) is 4.74. The standard InChI is InChI=1S/C14H23N3O10/c1-5(18)17-8-6(19)3-14(26-2,13(24)25)27-10(8)9(21)7(20)4-16-12(23)11(15)22/h6-10,19-21H,3-4H2,1-2H3,(H2,15,22)(H,16,23)(H,17,18)(H,24,25)/t6-,7+,8+,9+,10+,14?/m0/s1. The van der Waals surface area contributed by atoms with Crippen molar-refractivity contribution in [2.75, 3.05) is 13.7 Å². The van der Waals surface area contributed by atoms with Gasteiger partial charge >= 0.3 is 17.8 Å². The lowest BCUT2D eigenvalue weighted by molar-refractivity contribution is -0.303. The Kier molecular flexibility index (Phi) is 7.62. The van der Waals surface area contributed by atoms with E-state index in [1.165, 1.54) is 0 Å². The minimum atomic E-state index is -2.34. The van der Waals surface area contributed by atoms with Crippen LogP contribution >= 0.6 is 0 Å². The zero-order valence-electron chi connectivity index (χ0n) is 14.6. The third-order valence-electron chi connectivity index (χ3n) is 4.02. The fourth-order valence-electron chi connectivity index (χ4n) is 2.64. The molecule has 1 saturated heterocycles. The van der Waals surface area contributed by atoms with Crippen LogP contribution in [0.3, 0.4) is 0 Å². The quantitative estimate of drug-likeness (QED) is 0.205. The van der Waals surface area contributed by atoms with Gasteiger partial charge in [0.25, 0.3) is 5.79 Å². The van der Waals surface area contributed by atoms with Gasteiger partial charge in [0.1, 0.15) is 12.2 Å². The SMILES string of the molecule is COC1(C(=O)O)C[C@H](O)[C@@H](NC(C)=O)[C@H]([C@H](O)[C@H](O)CNC(=O)C(N)=O)O1. The highest BCUT2D eigenvalue weighted by Crippen LogP contribution is 2.32. The lowest BCUT2D eigenvalue weighted by atomic mass is 9.88. The van der Waals surface area contributed by atoms with Gasteiger partial charge in [-0.25, -0.2) is 4.79 Å². The van der Waals surface area contributed by atoms with Crippen molar-refractivity contribution >= 4 is 23.7 Å². The maximum atomic E-state index is 11.5. The second kappa shape index (κ2) is 9.05. The summed E-state index contributed by atoms with van der Waals surface area (Å²) in [7, 11) is 1.01. The molecule has 1 fully saturated rings. The smallest absolute Gasteiger partial charge is 0.364 e. The summed E-state index contributed by atoms with van der Waals surface area (Å²) in [5.74, 6) is -7.09. The Bertz CT molecular complexity index is 600. The number of aliphatic hydroxyl groups excluding tert-OH is 3. The lowest BCUT2D eigenvalue weighted by Crippen LogP contribution is -2.68. The number of methoxy groups -OCH3 is 1. The molecule has 13 nitrogen and oxygen atoms in total. The number of nitrogens with two attached hydrogens (primary N) is 1. The molecule has 13 heteroatoms. The van der Waals surface area contributed by atoms with Gasteiger partial charge in [0.05, 0.1) is 18.2 Å². The first kappa shape index (κ1) is 22.7. The molecular formula is C14H23N3O10. The highest BCUT2D eigenvalue weighted by atomic mass is 16.7. The number of amides is 3. The molecule has 27 heavy (non-hydrogen) atoms. The van der Waals surface area contributed by atoms with E-state index in [4.69, 9.17) is 15.2 Å². The topological polar surface area (TPSA) is 218 Å². The first-order valence-corrected chi connectivity index (χ1v) is 7.80. The van der Waals surface area contributed by atoms with E-state index in [1.807, 2.05) is 5.32 Å². The second-order valence-corrected chi connectivity index (χ2v) is 5.97. The maximum absolute atomic E-state index is 11.5. The van der Waals surface area contributed by atoms with Gasteiger partial charge in [-0.05, 0) is 0 Å². The van der Waals surface area contributed by atoms with Gasteiger partial charge in [0.15, 0.2) is 0 Å². The van der Waals surface area contributed by atoms with Gasteiger partial charge in [0, 0.05) is 27.0 Å². The number of primary amides is 1. The zero-order valence-corrected chi connectivity index (χ0v) is 14.6. The van der Waals surface area contributed by atoms with Gasteiger partial charge in [-0.1, -0.05) is 0 Å². The molecule has 1 heterocycles. The van der Waals surface area contributed by atoms with Crippen LogP contribution in [0, 0.1) is 0 Å². The normalized spacial score (nSPS) is 30.0. The van der Waals surface area contributed by atoms with Crippen LogP contribution in [-0.4, -0.2) is 94.0 Å². The molecule has 0 radical (unpaired) electrons. The molecular weight excluding hydrogens is 370 g/mol. The van der Waals surface area contributed by atoms with E-state index in [0.717, 1.165) is 14.0 Å². The Labute approximate surface area is 153 Å². The number of carboxylic acid groups (broad SMARTS) is 1. The molecule has 0 saturated carbocycles. The van der Waals surface area contributed by atoms with Crippen LogP contribution in [0.5, 0.6) is 0 Å². The van der Waals surface area contributed by atoms with Crippen LogP contribution in [0.4, 0.5) is 0 Å². The van der Waals surface area contributed by atoms with Gasteiger partial charge in [-0.2, -0.15) is 0 Å². The Morgan fingerprint density at radius 2 is 1.93 bits per heavy atom. The number of carbonyl (C=O) groups excluding carboxylic acids is 3. The number of nitrogens with one attached hydrogen (secondary N) is 2.